The number of ether oxygens (including phenoxy) is 10. The molecule has 1 saturated heterocycles. The summed E-state index contributed by atoms with van der Waals surface area (Å²) in [5.74, 6) is 0.536. The van der Waals surface area contributed by atoms with Crippen LogP contribution in [0.5, 0.6) is 11.5 Å². The minimum Gasteiger partial charge on any atom is -0.493 e. The van der Waals surface area contributed by atoms with Crippen molar-refractivity contribution in [1.82, 2.24) is 4.90 Å². The molecule has 2 heterocycles. The highest BCUT2D eigenvalue weighted by Crippen LogP contribution is 2.66. The zero-order valence-corrected chi connectivity index (χ0v) is 26.6. The fourth-order valence-corrected chi connectivity index (χ4v) is 7.19. The number of likely N-dealkylation sites (N-methyl/N-ethyl adjacent to an activating group) is 1. The molecule has 0 aromatic heterocycles. The number of esters is 2. The summed E-state index contributed by atoms with van der Waals surface area (Å²) in [5, 5.41) is 0. The van der Waals surface area contributed by atoms with Crippen molar-refractivity contribution in [3.05, 3.63) is 35.1 Å². The number of rotatable bonds is 19. The number of nitrogens with zero attached hydrogens (tertiary/aromatic N) is 1. The Morgan fingerprint density at radius 2 is 1.53 bits per heavy atom. The van der Waals surface area contributed by atoms with Gasteiger partial charge in [0, 0.05) is 26.2 Å². The first kappa shape index (κ1) is 33.6. The number of piperidine rings is 1. The van der Waals surface area contributed by atoms with Crippen LogP contribution in [0.4, 0.5) is 0 Å². The first-order valence-corrected chi connectivity index (χ1v) is 15.4. The number of hydrogen-bond acceptors (Lipinski definition) is 13. The molecule has 250 valence electrons. The number of likely N-dealkylation sites (tertiary alicyclic amines) is 1. The van der Waals surface area contributed by atoms with Crippen molar-refractivity contribution >= 4 is 11.9 Å². The Bertz CT molecular complexity index is 1220. The van der Waals surface area contributed by atoms with E-state index in [2.05, 4.69) is 18.0 Å². The van der Waals surface area contributed by atoms with Crippen LogP contribution in [0.15, 0.2) is 24.0 Å². The predicted molar refractivity (Wildman–Crippen MR) is 158 cm³/mol. The lowest BCUT2D eigenvalue weighted by atomic mass is 9.50. The van der Waals surface area contributed by atoms with Crippen molar-refractivity contribution in [3.63, 3.8) is 0 Å². The molecule has 4 atom stereocenters. The molecule has 1 fully saturated rings. The van der Waals surface area contributed by atoms with Gasteiger partial charge in [0.15, 0.2) is 17.6 Å². The van der Waals surface area contributed by atoms with Crippen LogP contribution in [-0.2, 0) is 59.3 Å². The van der Waals surface area contributed by atoms with Crippen LogP contribution in [0.25, 0.3) is 0 Å². The van der Waals surface area contributed by atoms with Crippen LogP contribution in [0, 0.1) is 0 Å². The lowest BCUT2D eigenvalue weighted by Crippen LogP contribution is -2.76. The molecule has 5 rings (SSSR count). The molecule has 2 aliphatic carbocycles. The molecule has 0 saturated carbocycles. The Morgan fingerprint density at radius 3 is 2.20 bits per heavy atom. The molecular formula is C32H45NO12. The normalized spacial score (nSPS) is 26.1. The molecule has 13 nitrogen and oxygen atoms in total. The molecule has 45 heavy (non-hydrogen) atoms. The maximum Gasteiger partial charge on any atom is 0.337 e. The number of benzene rings is 1. The second kappa shape index (κ2) is 15.2. The van der Waals surface area contributed by atoms with E-state index in [1.54, 1.807) is 21.3 Å². The third-order valence-electron chi connectivity index (χ3n) is 9.09. The topological polar surface area (TPSA) is 130 Å². The first-order valence-electron chi connectivity index (χ1n) is 15.4. The standard InChI is InChI=1S/C32H45NO12/c1-33-10-9-31-28-22-5-6-23(38-4)29(28)44-30(31)24(43-26(34)20-41-17-15-39-13-11-36-2)7-8-32(31,25(33)19-22)45-27(35)21-42-18-16-40-14-12-37-3/h5-7,25,30H,8-21H2,1-4H3/t25-,30+,31?,32?/m1/s1. The third kappa shape index (κ3) is 6.57. The summed E-state index contributed by atoms with van der Waals surface area (Å²) in [7, 11) is 6.86. The Hall–Kier alpha value is -2.78. The molecule has 1 aromatic carbocycles. The van der Waals surface area contributed by atoms with E-state index < -0.39 is 29.1 Å². The molecule has 2 unspecified atom stereocenters. The second-order valence-corrected chi connectivity index (χ2v) is 11.5. The minimum atomic E-state index is -0.989. The quantitative estimate of drug-likeness (QED) is 0.161. The largest absolute Gasteiger partial charge is 0.493 e. The zero-order valence-electron chi connectivity index (χ0n) is 26.6. The van der Waals surface area contributed by atoms with Gasteiger partial charge in [-0.2, -0.15) is 0 Å². The fraction of sp³-hybridized carbons (Fsp3) is 0.688. The van der Waals surface area contributed by atoms with Crippen molar-refractivity contribution in [2.75, 3.05) is 101 Å². The van der Waals surface area contributed by atoms with Gasteiger partial charge >= 0.3 is 11.9 Å². The van der Waals surface area contributed by atoms with Gasteiger partial charge in [-0.05, 0) is 44.1 Å². The van der Waals surface area contributed by atoms with Gasteiger partial charge in [-0.1, -0.05) is 6.07 Å². The van der Waals surface area contributed by atoms with Crippen molar-refractivity contribution in [1.29, 1.82) is 0 Å². The number of methoxy groups -OCH3 is 3. The highest BCUT2D eigenvalue weighted by Gasteiger charge is 2.74. The molecule has 0 radical (unpaired) electrons. The van der Waals surface area contributed by atoms with E-state index >= 15 is 0 Å². The average molecular weight is 636 g/mol. The predicted octanol–water partition coefficient (Wildman–Crippen LogP) is 1.43. The van der Waals surface area contributed by atoms with E-state index in [-0.39, 0.29) is 32.5 Å². The van der Waals surface area contributed by atoms with E-state index in [1.807, 2.05) is 12.1 Å². The highest BCUT2D eigenvalue weighted by atomic mass is 16.6. The van der Waals surface area contributed by atoms with Gasteiger partial charge in [0.2, 0.25) is 0 Å². The number of hydrogen-bond donors (Lipinski definition) is 0. The van der Waals surface area contributed by atoms with Gasteiger partial charge < -0.3 is 47.4 Å². The Labute approximate surface area is 263 Å². The maximum atomic E-state index is 13.4. The lowest BCUT2D eigenvalue weighted by Gasteiger charge is -2.62. The van der Waals surface area contributed by atoms with Crippen molar-refractivity contribution in [2.45, 2.75) is 42.4 Å². The maximum absolute atomic E-state index is 13.4. The van der Waals surface area contributed by atoms with E-state index in [1.165, 1.54) is 0 Å². The summed E-state index contributed by atoms with van der Waals surface area (Å²) < 4.78 is 56.7. The van der Waals surface area contributed by atoms with Gasteiger partial charge in [0.25, 0.3) is 0 Å². The van der Waals surface area contributed by atoms with Crippen LogP contribution >= 0.6 is 0 Å². The Kier molecular flexibility index (Phi) is 11.3. The van der Waals surface area contributed by atoms with E-state index in [4.69, 9.17) is 47.4 Å². The second-order valence-electron chi connectivity index (χ2n) is 11.5. The lowest BCUT2D eigenvalue weighted by molar-refractivity contribution is -0.209. The summed E-state index contributed by atoms with van der Waals surface area (Å²) in [6.45, 7) is 3.30. The molecular weight excluding hydrogens is 590 g/mol. The van der Waals surface area contributed by atoms with E-state index in [0.29, 0.717) is 76.2 Å². The van der Waals surface area contributed by atoms with E-state index in [9.17, 15) is 9.59 Å². The molecule has 2 aliphatic heterocycles. The summed E-state index contributed by atoms with van der Waals surface area (Å²) in [6.07, 6.45) is 2.72. The number of carbonyl (C=O) groups excluding carboxylic acids is 2. The first-order chi connectivity index (χ1) is 21.9. The molecule has 1 spiro atoms. The molecule has 0 N–H and O–H groups in total. The van der Waals surface area contributed by atoms with Crippen molar-refractivity contribution in [2.24, 2.45) is 0 Å². The minimum absolute atomic E-state index is 0.138. The van der Waals surface area contributed by atoms with Gasteiger partial charge in [0.05, 0.1) is 71.4 Å². The van der Waals surface area contributed by atoms with Crippen LogP contribution in [0.2, 0.25) is 0 Å². The Balaban J connectivity index is 1.36. The van der Waals surface area contributed by atoms with E-state index in [0.717, 1.165) is 17.7 Å². The highest BCUT2D eigenvalue weighted by molar-refractivity contribution is 5.75. The summed E-state index contributed by atoms with van der Waals surface area (Å²) >= 11 is 0. The number of carbonyl (C=O) groups is 2. The fourth-order valence-electron chi connectivity index (χ4n) is 7.19. The van der Waals surface area contributed by atoms with Crippen molar-refractivity contribution in [3.8, 4) is 11.5 Å². The SMILES string of the molecule is COCCOCCOCC(=O)OC1=CCC2(OC(=O)COCCOCCOC)[C@H]3Cc4ccc(OC)c5c4C2(CCN3C)[C@H]1O5. The van der Waals surface area contributed by atoms with Crippen LogP contribution < -0.4 is 9.47 Å². The molecule has 2 bridgehead atoms. The molecule has 1 aromatic rings. The van der Waals surface area contributed by atoms with Crippen molar-refractivity contribution < 1.29 is 57.0 Å². The van der Waals surface area contributed by atoms with Crippen LogP contribution in [-0.4, -0.2) is 136 Å². The zero-order chi connectivity index (χ0) is 31.9. The average Bonchev–Trinajstić information content (AvgIpc) is 3.39. The third-order valence-corrected chi connectivity index (χ3v) is 9.09. The Morgan fingerprint density at radius 1 is 0.889 bits per heavy atom. The van der Waals surface area contributed by atoms with Gasteiger partial charge in [-0.15, -0.1) is 0 Å². The smallest absolute Gasteiger partial charge is 0.337 e. The monoisotopic (exact) mass is 635 g/mol. The van der Waals surface area contributed by atoms with Gasteiger partial charge in [-0.25, -0.2) is 9.59 Å². The molecule has 4 aliphatic rings. The summed E-state index contributed by atoms with van der Waals surface area (Å²) in [5.41, 5.74) is 0.269. The van der Waals surface area contributed by atoms with Gasteiger partial charge in [0.1, 0.15) is 24.6 Å². The van der Waals surface area contributed by atoms with Crippen LogP contribution in [0.3, 0.4) is 0 Å². The van der Waals surface area contributed by atoms with Crippen LogP contribution in [0.1, 0.15) is 24.0 Å². The van der Waals surface area contributed by atoms with Gasteiger partial charge in [-0.3, -0.25) is 4.90 Å². The molecule has 0 amide bonds. The summed E-state index contributed by atoms with van der Waals surface area (Å²) in [4.78, 5) is 28.6. The molecule has 13 heteroatoms. The summed E-state index contributed by atoms with van der Waals surface area (Å²) in [6, 6.07) is 3.82.